The molecule has 0 spiro atoms. The zero-order valence-corrected chi connectivity index (χ0v) is 7.13. The summed E-state index contributed by atoms with van der Waals surface area (Å²) in [6.45, 7) is 2.34. The lowest BCUT2D eigenvalue weighted by molar-refractivity contribution is 0.134. The standard InChI is InChI=1S/C9H12N2O/c1-10-2-7-3-11-4-8-5-12-6-9(7)8/h3-4,10H,2,5-6H2,1H3. The predicted molar refractivity (Wildman–Crippen MR) is 45.5 cm³/mol. The molecule has 0 aromatic carbocycles. The average Bonchev–Trinajstić information content (AvgIpc) is 2.53. The van der Waals surface area contributed by atoms with Crippen molar-refractivity contribution < 1.29 is 4.74 Å². The summed E-state index contributed by atoms with van der Waals surface area (Å²) in [6.07, 6.45) is 3.80. The van der Waals surface area contributed by atoms with E-state index in [-0.39, 0.29) is 0 Å². The van der Waals surface area contributed by atoms with E-state index in [2.05, 4.69) is 10.3 Å². The van der Waals surface area contributed by atoms with E-state index in [1.165, 1.54) is 16.7 Å². The van der Waals surface area contributed by atoms with Crippen LogP contribution in [0.1, 0.15) is 16.7 Å². The Morgan fingerprint density at radius 3 is 3.25 bits per heavy atom. The van der Waals surface area contributed by atoms with Gasteiger partial charge in [0.05, 0.1) is 13.2 Å². The van der Waals surface area contributed by atoms with Crippen LogP contribution < -0.4 is 5.32 Å². The van der Waals surface area contributed by atoms with Crippen molar-refractivity contribution in [2.45, 2.75) is 19.8 Å². The first-order valence-electron chi connectivity index (χ1n) is 4.09. The van der Waals surface area contributed by atoms with E-state index in [0.29, 0.717) is 0 Å². The van der Waals surface area contributed by atoms with Gasteiger partial charge in [0.2, 0.25) is 0 Å². The van der Waals surface area contributed by atoms with E-state index in [4.69, 9.17) is 4.74 Å². The Morgan fingerprint density at radius 2 is 2.42 bits per heavy atom. The van der Waals surface area contributed by atoms with E-state index in [0.717, 1.165) is 19.8 Å². The van der Waals surface area contributed by atoms with E-state index in [1.807, 2.05) is 19.4 Å². The Balaban J connectivity index is 2.36. The second-order valence-corrected chi connectivity index (χ2v) is 2.96. The number of fused-ring (bicyclic) bond motifs is 1. The fraction of sp³-hybridized carbons (Fsp3) is 0.444. The van der Waals surface area contributed by atoms with Gasteiger partial charge in [0.25, 0.3) is 0 Å². The molecule has 1 aromatic rings. The van der Waals surface area contributed by atoms with Gasteiger partial charge >= 0.3 is 0 Å². The molecular formula is C9H12N2O. The van der Waals surface area contributed by atoms with E-state index >= 15 is 0 Å². The molecule has 0 bridgehead atoms. The van der Waals surface area contributed by atoms with Crippen LogP contribution in [-0.2, 0) is 24.5 Å². The summed E-state index contributed by atoms with van der Waals surface area (Å²) in [5.41, 5.74) is 3.81. The van der Waals surface area contributed by atoms with Crippen molar-refractivity contribution in [3.63, 3.8) is 0 Å². The zero-order valence-electron chi connectivity index (χ0n) is 7.13. The Hall–Kier alpha value is -0.930. The third kappa shape index (κ3) is 1.21. The predicted octanol–water partition coefficient (Wildman–Crippen LogP) is 0.831. The molecule has 64 valence electrons. The van der Waals surface area contributed by atoms with Crippen LogP contribution >= 0.6 is 0 Å². The van der Waals surface area contributed by atoms with Crippen molar-refractivity contribution >= 4 is 0 Å². The monoisotopic (exact) mass is 164 g/mol. The molecule has 0 atom stereocenters. The van der Waals surface area contributed by atoms with Gasteiger partial charge < -0.3 is 10.1 Å². The van der Waals surface area contributed by atoms with Crippen LogP contribution in [0.15, 0.2) is 12.4 Å². The molecule has 2 rings (SSSR count). The molecule has 3 nitrogen and oxygen atoms in total. The van der Waals surface area contributed by atoms with Gasteiger partial charge in [-0.05, 0) is 18.2 Å². The fourth-order valence-corrected chi connectivity index (χ4v) is 1.49. The summed E-state index contributed by atoms with van der Waals surface area (Å²) in [5.74, 6) is 0. The molecule has 0 unspecified atom stereocenters. The van der Waals surface area contributed by atoms with Crippen molar-refractivity contribution in [3.05, 3.63) is 29.1 Å². The molecule has 2 heterocycles. The van der Waals surface area contributed by atoms with Crippen LogP contribution in [0.25, 0.3) is 0 Å². The summed E-state index contributed by atoms with van der Waals surface area (Å²) in [7, 11) is 1.94. The number of aromatic nitrogens is 1. The fourth-order valence-electron chi connectivity index (χ4n) is 1.49. The van der Waals surface area contributed by atoms with Crippen LogP contribution in [0.4, 0.5) is 0 Å². The normalized spacial score (nSPS) is 14.8. The molecule has 1 aromatic heterocycles. The van der Waals surface area contributed by atoms with E-state index in [9.17, 15) is 0 Å². The Labute approximate surface area is 71.8 Å². The first-order valence-corrected chi connectivity index (χ1v) is 4.09. The van der Waals surface area contributed by atoms with Gasteiger partial charge in [-0.15, -0.1) is 0 Å². The van der Waals surface area contributed by atoms with Crippen molar-refractivity contribution in [1.82, 2.24) is 10.3 Å². The molecule has 0 fully saturated rings. The highest BCUT2D eigenvalue weighted by Gasteiger charge is 2.14. The molecule has 0 saturated heterocycles. The second-order valence-electron chi connectivity index (χ2n) is 2.96. The minimum atomic E-state index is 0.722. The van der Waals surface area contributed by atoms with Gasteiger partial charge in [-0.2, -0.15) is 0 Å². The lowest BCUT2D eigenvalue weighted by atomic mass is 10.1. The molecule has 1 aliphatic rings. The quantitative estimate of drug-likeness (QED) is 0.703. The molecule has 1 N–H and O–H groups in total. The molecule has 0 radical (unpaired) electrons. The smallest absolute Gasteiger partial charge is 0.0740 e. The number of rotatable bonds is 2. The van der Waals surface area contributed by atoms with Gasteiger partial charge in [0.1, 0.15) is 0 Å². The van der Waals surface area contributed by atoms with Crippen LogP contribution in [-0.4, -0.2) is 12.0 Å². The molecule has 3 heteroatoms. The molecule has 0 saturated carbocycles. The van der Waals surface area contributed by atoms with Gasteiger partial charge in [-0.25, -0.2) is 0 Å². The number of pyridine rings is 1. The number of hydrogen-bond acceptors (Lipinski definition) is 3. The topological polar surface area (TPSA) is 34.2 Å². The number of hydrogen-bond donors (Lipinski definition) is 1. The first-order chi connectivity index (χ1) is 5.92. The maximum Gasteiger partial charge on any atom is 0.0740 e. The Morgan fingerprint density at radius 1 is 1.50 bits per heavy atom. The zero-order chi connectivity index (χ0) is 8.39. The van der Waals surface area contributed by atoms with Gasteiger partial charge in [0.15, 0.2) is 0 Å². The SMILES string of the molecule is CNCc1cncc2c1COC2. The second kappa shape index (κ2) is 3.21. The molecule has 0 amide bonds. The largest absolute Gasteiger partial charge is 0.372 e. The summed E-state index contributed by atoms with van der Waals surface area (Å²) < 4.78 is 5.33. The minimum Gasteiger partial charge on any atom is -0.372 e. The number of nitrogens with one attached hydrogen (secondary N) is 1. The van der Waals surface area contributed by atoms with Crippen LogP contribution in [0.5, 0.6) is 0 Å². The van der Waals surface area contributed by atoms with Gasteiger partial charge in [-0.1, -0.05) is 0 Å². The van der Waals surface area contributed by atoms with Crippen LogP contribution in [0.2, 0.25) is 0 Å². The number of nitrogens with zero attached hydrogens (tertiary/aromatic N) is 1. The van der Waals surface area contributed by atoms with Crippen molar-refractivity contribution in [3.8, 4) is 0 Å². The highest BCUT2D eigenvalue weighted by Crippen LogP contribution is 2.21. The summed E-state index contributed by atoms with van der Waals surface area (Å²) in [4.78, 5) is 4.15. The third-order valence-corrected chi connectivity index (χ3v) is 2.11. The highest BCUT2D eigenvalue weighted by molar-refractivity contribution is 5.32. The van der Waals surface area contributed by atoms with Crippen LogP contribution in [0, 0.1) is 0 Å². The maximum absolute atomic E-state index is 5.33. The Kier molecular flexibility index (Phi) is 2.06. The maximum atomic E-state index is 5.33. The van der Waals surface area contributed by atoms with Gasteiger partial charge in [0, 0.05) is 24.5 Å². The van der Waals surface area contributed by atoms with Crippen molar-refractivity contribution in [1.29, 1.82) is 0 Å². The number of ether oxygens (including phenoxy) is 1. The average molecular weight is 164 g/mol. The first kappa shape index (κ1) is 7.71. The van der Waals surface area contributed by atoms with E-state index in [1.54, 1.807) is 0 Å². The summed E-state index contributed by atoms with van der Waals surface area (Å²) in [6, 6.07) is 0. The summed E-state index contributed by atoms with van der Waals surface area (Å²) >= 11 is 0. The lowest BCUT2D eigenvalue weighted by Gasteiger charge is -2.04. The van der Waals surface area contributed by atoms with Gasteiger partial charge in [-0.3, -0.25) is 4.98 Å². The molecule has 1 aliphatic heterocycles. The molecule has 0 aliphatic carbocycles. The van der Waals surface area contributed by atoms with Crippen molar-refractivity contribution in [2.75, 3.05) is 7.05 Å². The highest BCUT2D eigenvalue weighted by atomic mass is 16.5. The van der Waals surface area contributed by atoms with E-state index < -0.39 is 0 Å². The summed E-state index contributed by atoms with van der Waals surface area (Å²) in [5, 5.41) is 3.12. The Bertz CT molecular complexity index is 286. The molecule has 12 heavy (non-hydrogen) atoms. The molecular weight excluding hydrogens is 152 g/mol. The third-order valence-electron chi connectivity index (χ3n) is 2.11. The van der Waals surface area contributed by atoms with Crippen LogP contribution in [0.3, 0.4) is 0 Å². The van der Waals surface area contributed by atoms with Crippen molar-refractivity contribution in [2.24, 2.45) is 0 Å². The lowest BCUT2D eigenvalue weighted by Crippen LogP contribution is -2.08. The minimum absolute atomic E-state index is 0.722.